The van der Waals surface area contributed by atoms with E-state index in [1.165, 1.54) is 5.56 Å². The number of aliphatic imine (C=N–C) groups is 1. The SMILES string of the molecule is CCNC(=NCc1coc(-c2ccc(C)cc2)n1)N(C)C. The third-order valence-corrected chi connectivity index (χ3v) is 3.00. The molecule has 1 aromatic heterocycles. The monoisotopic (exact) mass is 286 g/mol. The first-order valence-corrected chi connectivity index (χ1v) is 7.07. The topological polar surface area (TPSA) is 53.7 Å². The molecule has 1 N–H and O–H groups in total. The summed E-state index contributed by atoms with van der Waals surface area (Å²) in [5.74, 6) is 1.48. The standard InChI is InChI=1S/C16H22N4O/c1-5-17-16(20(3)4)18-10-14-11-21-15(19-14)13-8-6-12(2)7-9-13/h6-9,11H,5,10H2,1-4H3,(H,17,18). The fourth-order valence-electron chi connectivity index (χ4n) is 1.88. The normalized spacial score (nSPS) is 11.5. The van der Waals surface area contributed by atoms with Gasteiger partial charge in [0.15, 0.2) is 5.96 Å². The van der Waals surface area contributed by atoms with Crippen LogP contribution in [0.1, 0.15) is 18.2 Å². The van der Waals surface area contributed by atoms with Crippen LogP contribution in [0.5, 0.6) is 0 Å². The number of nitrogens with zero attached hydrogens (tertiary/aromatic N) is 3. The number of aryl methyl sites for hydroxylation is 1. The maximum atomic E-state index is 5.53. The summed E-state index contributed by atoms with van der Waals surface area (Å²) >= 11 is 0. The van der Waals surface area contributed by atoms with Gasteiger partial charge in [-0.1, -0.05) is 17.7 Å². The van der Waals surface area contributed by atoms with Gasteiger partial charge in [0.25, 0.3) is 0 Å². The van der Waals surface area contributed by atoms with Gasteiger partial charge in [0.05, 0.1) is 6.54 Å². The maximum absolute atomic E-state index is 5.53. The van der Waals surface area contributed by atoms with Crippen LogP contribution in [0.25, 0.3) is 11.5 Å². The molecule has 0 saturated carbocycles. The molecule has 0 spiro atoms. The van der Waals surface area contributed by atoms with Gasteiger partial charge < -0.3 is 14.6 Å². The number of rotatable bonds is 4. The van der Waals surface area contributed by atoms with E-state index in [0.717, 1.165) is 23.8 Å². The molecule has 5 heteroatoms. The van der Waals surface area contributed by atoms with Crippen molar-refractivity contribution in [3.63, 3.8) is 0 Å². The highest BCUT2D eigenvalue weighted by molar-refractivity contribution is 5.79. The van der Waals surface area contributed by atoms with Crippen LogP contribution < -0.4 is 5.32 Å². The van der Waals surface area contributed by atoms with Crippen molar-refractivity contribution in [2.24, 2.45) is 4.99 Å². The van der Waals surface area contributed by atoms with Crippen LogP contribution in [0, 0.1) is 6.92 Å². The van der Waals surface area contributed by atoms with Gasteiger partial charge in [0, 0.05) is 26.2 Å². The molecule has 21 heavy (non-hydrogen) atoms. The molecule has 0 fully saturated rings. The molecule has 0 aliphatic rings. The Hall–Kier alpha value is -2.30. The Morgan fingerprint density at radius 3 is 2.62 bits per heavy atom. The van der Waals surface area contributed by atoms with Crippen molar-refractivity contribution in [3.05, 3.63) is 41.8 Å². The van der Waals surface area contributed by atoms with E-state index in [0.29, 0.717) is 12.4 Å². The van der Waals surface area contributed by atoms with Crippen LogP contribution >= 0.6 is 0 Å². The van der Waals surface area contributed by atoms with Crippen LogP contribution in [0.2, 0.25) is 0 Å². The number of hydrogen-bond donors (Lipinski definition) is 1. The molecule has 0 aliphatic carbocycles. The summed E-state index contributed by atoms with van der Waals surface area (Å²) in [5, 5.41) is 3.21. The first kappa shape index (κ1) is 15.1. The summed E-state index contributed by atoms with van der Waals surface area (Å²) in [6.45, 7) is 5.44. The minimum Gasteiger partial charge on any atom is -0.444 e. The molecule has 2 aromatic rings. The largest absolute Gasteiger partial charge is 0.444 e. The first-order valence-electron chi connectivity index (χ1n) is 7.07. The van der Waals surface area contributed by atoms with Gasteiger partial charge in [-0.2, -0.15) is 0 Å². The number of benzene rings is 1. The quantitative estimate of drug-likeness (QED) is 0.693. The number of hydrogen-bond acceptors (Lipinski definition) is 3. The van der Waals surface area contributed by atoms with Gasteiger partial charge in [-0.3, -0.25) is 0 Å². The second-order valence-electron chi connectivity index (χ2n) is 5.07. The molecule has 0 aliphatic heterocycles. The lowest BCUT2D eigenvalue weighted by Gasteiger charge is -2.15. The highest BCUT2D eigenvalue weighted by Gasteiger charge is 2.07. The molecule has 0 unspecified atom stereocenters. The fraction of sp³-hybridized carbons (Fsp3) is 0.375. The van der Waals surface area contributed by atoms with Gasteiger partial charge >= 0.3 is 0 Å². The Balaban J connectivity index is 2.09. The van der Waals surface area contributed by atoms with Gasteiger partial charge in [-0.15, -0.1) is 0 Å². The molecule has 5 nitrogen and oxygen atoms in total. The van der Waals surface area contributed by atoms with Crippen molar-refractivity contribution in [1.29, 1.82) is 0 Å². The summed E-state index contributed by atoms with van der Waals surface area (Å²) in [5.41, 5.74) is 3.02. The maximum Gasteiger partial charge on any atom is 0.226 e. The van der Waals surface area contributed by atoms with E-state index in [-0.39, 0.29) is 0 Å². The third-order valence-electron chi connectivity index (χ3n) is 3.00. The highest BCUT2D eigenvalue weighted by Crippen LogP contribution is 2.19. The summed E-state index contributed by atoms with van der Waals surface area (Å²) in [6.07, 6.45) is 1.66. The minimum absolute atomic E-state index is 0.496. The Morgan fingerprint density at radius 1 is 1.29 bits per heavy atom. The molecule has 0 amide bonds. The predicted octanol–water partition coefficient (Wildman–Crippen LogP) is 2.68. The van der Waals surface area contributed by atoms with Crippen LogP contribution in [-0.2, 0) is 6.54 Å². The summed E-state index contributed by atoms with van der Waals surface area (Å²) in [4.78, 5) is 10.9. The molecule has 0 bridgehead atoms. The second-order valence-corrected chi connectivity index (χ2v) is 5.07. The molecule has 2 rings (SSSR count). The molecule has 1 aromatic carbocycles. The van der Waals surface area contributed by atoms with E-state index < -0.39 is 0 Å². The van der Waals surface area contributed by atoms with Crippen molar-refractivity contribution in [3.8, 4) is 11.5 Å². The Morgan fingerprint density at radius 2 is 2.00 bits per heavy atom. The van der Waals surface area contributed by atoms with Crippen LogP contribution in [0.4, 0.5) is 0 Å². The Kier molecular flexibility index (Phi) is 4.98. The van der Waals surface area contributed by atoms with Crippen molar-refractivity contribution in [2.75, 3.05) is 20.6 Å². The lowest BCUT2D eigenvalue weighted by molar-refractivity contribution is 0.571. The Bertz CT molecular complexity index is 599. The van der Waals surface area contributed by atoms with E-state index in [9.17, 15) is 0 Å². The van der Waals surface area contributed by atoms with Crippen LogP contribution in [0.15, 0.2) is 39.9 Å². The van der Waals surface area contributed by atoms with Crippen molar-refractivity contribution < 1.29 is 4.42 Å². The van der Waals surface area contributed by atoms with Crippen LogP contribution in [-0.4, -0.2) is 36.5 Å². The number of aromatic nitrogens is 1. The smallest absolute Gasteiger partial charge is 0.226 e. The average Bonchev–Trinajstić information content (AvgIpc) is 2.92. The molecule has 0 radical (unpaired) electrons. The zero-order valence-corrected chi connectivity index (χ0v) is 13.1. The fourth-order valence-corrected chi connectivity index (χ4v) is 1.88. The van der Waals surface area contributed by atoms with Crippen molar-refractivity contribution in [2.45, 2.75) is 20.4 Å². The van der Waals surface area contributed by atoms with E-state index in [1.807, 2.05) is 50.2 Å². The zero-order chi connectivity index (χ0) is 15.2. The number of guanidine groups is 1. The lowest BCUT2D eigenvalue weighted by Crippen LogP contribution is -2.36. The van der Waals surface area contributed by atoms with Crippen molar-refractivity contribution >= 4 is 5.96 Å². The minimum atomic E-state index is 0.496. The number of nitrogens with one attached hydrogen (secondary N) is 1. The van der Waals surface area contributed by atoms with Gasteiger partial charge in [0.1, 0.15) is 12.0 Å². The molecular weight excluding hydrogens is 264 g/mol. The second kappa shape index (κ2) is 6.92. The summed E-state index contributed by atoms with van der Waals surface area (Å²) in [7, 11) is 3.92. The van der Waals surface area contributed by atoms with E-state index in [2.05, 4.69) is 22.2 Å². The molecule has 1 heterocycles. The molecular formula is C16H22N4O. The van der Waals surface area contributed by atoms with Gasteiger partial charge in [0.2, 0.25) is 5.89 Å². The molecule has 0 saturated heterocycles. The van der Waals surface area contributed by atoms with Gasteiger partial charge in [-0.25, -0.2) is 9.98 Å². The van der Waals surface area contributed by atoms with Crippen LogP contribution in [0.3, 0.4) is 0 Å². The van der Waals surface area contributed by atoms with Crippen molar-refractivity contribution in [1.82, 2.24) is 15.2 Å². The number of oxazole rings is 1. The molecule has 0 atom stereocenters. The summed E-state index contributed by atoms with van der Waals surface area (Å²) in [6, 6.07) is 8.12. The van der Waals surface area contributed by atoms with E-state index in [1.54, 1.807) is 6.26 Å². The third kappa shape index (κ3) is 4.08. The average molecular weight is 286 g/mol. The molecule has 112 valence electrons. The lowest BCUT2D eigenvalue weighted by atomic mass is 10.1. The predicted molar refractivity (Wildman–Crippen MR) is 85.2 cm³/mol. The highest BCUT2D eigenvalue weighted by atomic mass is 16.3. The zero-order valence-electron chi connectivity index (χ0n) is 13.1. The van der Waals surface area contributed by atoms with E-state index >= 15 is 0 Å². The van der Waals surface area contributed by atoms with Gasteiger partial charge in [-0.05, 0) is 26.0 Å². The van der Waals surface area contributed by atoms with E-state index in [4.69, 9.17) is 4.42 Å². The first-order chi connectivity index (χ1) is 10.1. The Labute approximate surface area is 125 Å². The summed E-state index contributed by atoms with van der Waals surface area (Å²) < 4.78 is 5.53.